The minimum absolute atomic E-state index is 0.143. The van der Waals surface area contributed by atoms with Crippen molar-refractivity contribution in [2.45, 2.75) is 58.4 Å². The molecule has 0 aliphatic carbocycles. The predicted molar refractivity (Wildman–Crippen MR) is 101 cm³/mol. The Kier molecular flexibility index (Phi) is 6.35. The van der Waals surface area contributed by atoms with Gasteiger partial charge < -0.3 is 14.5 Å². The van der Waals surface area contributed by atoms with Crippen LogP contribution in [0.5, 0.6) is 5.75 Å². The summed E-state index contributed by atoms with van der Waals surface area (Å²) in [5, 5.41) is 0. The number of amides is 1. The highest BCUT2D eigenvalue weighted by atomic mass is 16.5. The second-order valence-corrected chi connectivity index (χ2v) is 7.61. The fraction of sp³-hybridized carbons (Fsp3) is 0.667. The van der Waals surface area contributed by atoms with Gasteiger partial charge in [-0.1, -0.05) is 6.07 Å². The zero-order valence-corrected chi connectivity index (χ0v) is 15.8. The standard InChI is InChI=1S/C21H32N2O2/c1-17-8-9-20(15-18(17)2)25-16-21(24)23-13-4-3-7-19(23)10-14-22-11-5-6-12-22/h8-9,15,19H,3-7,10-14,16H2,1-2H3/t19-/m1/s1. The van der Waals surface area contributed by atoms with Crippen molar-refractivity contribution in [3.05, 3.63) is 29.3 Å². The average molecular weight is 344 g/mol. The molecular weight excluding hydrogens is 312 g/mol. The summed E-state index contributed by atoms with van der Waals surface area (Å²) in [6, 6.07) is 6.42. The third-order valence-electron chi connectivity index (χ3n) is 5.77. The van der Waals surface area contributed by atoms with Crippen molar-refractivity contribution in [2.75, 3.05) is 32.8 Å². The van der Waals surface area contributed by atoms with E-state index in [1.165, 1.54) is 43.5 Å². The van der Waals surface area contributed by atoms with Gasteiger partial charge in [0.2, 0.25) is 0 Å². The molecule has 2 saturated heterocycles. The van der Waals surface area contributed by atoms with Gasteiger partial charge in [0.1, 0.15) is 5.75 Å². The first-order chi connectivity index (χ1) is 12.1. The zero-order chi connectivity index (χ0) is 17.6. The molecule has 0 bridgehead atoms. The Morgan fingerprint density at radius 3 is 2.60 bits per heavy atom. The number of carbonyl (C=O) groups excluding carboxylic acids is 1. The first kappa shape index (κ1) is 18.2. The molecular formula is C21H32N2O2. The van der Waals surface area contributed by atoms with E-state index >= 15 is 0 Å². The molecule has 0 aromatic heterocycles. The molecule has 1 atom stereocenters. The summed E-state index contributed by atoms with van der Waals surface area (Å²) in [6.07, 6.45) is 7.27. The Morgan fingerprint density at radius 1 is 1.08 bits per heavy atom. The van der Waals surface area contributed by atoms with Gasteiger partial charge in [0.05, 0.1) is 0 Å². The monoisotopic (exact) mass is 344 g/mol. The Bertz CT molecular complexity index is 581. The maximum absolute atomic E-state index is 12.7. The van der Waals surface area contributed by atoms with Crippen LogP contribution < -0.4 is 4.74 Å². The highest BCUT2D eigenvalue weighted by molar-refractivity contribution is 5.78. The van der Waals surface area contributed by atoms with E-state index in [9.17, 15) is 4.79 Å². The van der Waals surface area contributed by atoms with Gasteiger partial charge in [-0.15, -0.1) is 0 Å². The lowest BCUT2D eigenvalue weighted by molar-refractivity contribution is -0.137. The summed E-state index contributed by atoms with van der Waals surface area (Å²) >= 11 is 0. The van der Waals surface area contributed by atoms with Crippen molar-refractivity contribution in [1.29, 1.82) is 0 Å². The van der Waals surface area contributed by atoms with E-state index in [0.29, 0.717) is 6.04 Å². The summed E-state index contributed by atoms with van der Waals surface area (Å²) in [7, 11) is 0. The van der Waals surface area contributed by atoms with Crippen molar-refractivity contribution in [3.8, 4) is 5.75 Å². The van der Waals surface area contributed by atoms with Crippen LogP contribution in [0.1, 0.15) is 49.7 Å². The molecule has 1 amide bonds. The van der Waals surface area contributed by atoms with E-state index in [4.69, 9.17) is 4.74 Å². The van der Waals surface area contributed by atoms with Crippen molar-refractivity contribution < 1.29 is 9.53 Å². The lowest BCUT2D eigenvalue weighted by Crippen LogP contribution is -2.47. The van der Waals surface area contributed by atoms with Crippen molar-refractivity contribution in [2.24, 2.45) is 0 Å². The van der Waals surface area contributed by atoms with Gasteiger partial charge >= 0.3 is 0 Å². The first-order valence-electron chi connectivity index (χ1n) is 9.85. The number of hydrogen-bond donors (Lipinski definition) is 0. The molecule has 3 rings (SSSR count). The van der Waals surface area contributed by atoms with Crippen LogP contribution in [0.4, 0.5) is 0 Å². The van der Waals surface area contributed by atoms with Crippen LogP contribution in [0.2, 0.25) is 0 Å². The molecule has 0 unspecified atom stereocenters. The second kappa shape index (κ2) is 8.70. The number of ether oxygens (including phenoxy) is 1. The van der Waals surface area contributed by atoms with E-state index in [1.54, 1.807) is 0 Å². The fourth-order valence-electron chi connectivity index (χ4n) is 4.00. The quantitative estimate of drug-likeness (QED) is 0.791. The molecule has 138 valence electrons. The molecule has 0 N–H and O–H groups in total. The molecule has 4 heteroatoms. The molecule has 0 saturated carbocycles. The van der Waals surface area contributed by atoms with E-state index in [0.717, 1.165) is 38.1 Å². The van der Waals surface area contributed by atoms with E-state index < -0.39 is 0 Å². The van der Waals surface area contributed by atoms with Crippen LogP contribution in [0, 0.1) is 13.8 Å². The zero-order valence-electron chi connectivity index (χ0n) is 15.8. The number of aryl methyl sites for hydroxylation is 2. The number of benzene rings is 1. The molecule has 0 spiro atoms. The largest absolute Gasteiger partial charge is 0.484 e. The Morgan fingerprint density at radius 2 is 1.84 bits per heavy atom. The van der Waals surface area contributed by atoms with Crippen LogP contribution in [0.25, 0.3) is 0 Å². The van der Waals surface area contributed by atoms with Gasteiger partial charge in [0.25, 0.3) is 5.91 Å². The summed E-state index contributed by atoms with van der Waals surface area (Å²) < 4.78 is 5.78. The molecule has 2 aliphatic rings. The minimum atomic E-state index is 0.143. The normalized spacial score (nSPS) is 21.5. The SMILES string of the molecule is Cc1ccc(OCC(=O)N2CCCC[C@@H]2CCN2CCCC2)cc1C. The summed E-state index contributed by atoms with van der Waals surface area (Å²) in [5.41, 5.74) is 2.45. The maximum Gasteiger partial charge on any atom is 0.260 e. The molecule has 2 heterocycles. The minimum Gasteiger partial charge on any atom is -0.484 e. The average Bonchev–Trinajstić information content (AvgIpc) is 3.14. The van der Waals surface area contributed by atoms with Gasteiger partial charge in [0.15, 0.2) is 6.61 Å². The smallest absolute Gasteiger partial charge is 0.260 e. The molecule has 2 aliphatic heterocycles. The highest BCUT2D eigenvalue weighted by Gasteiger charge is 2.27. The number of likely N-dealkylation sites (tertiary alicyclic amines) is 2. The third-order valence-corrected chi connectivity index (χ3v) is 5.77. The Hall–Kier alpha value is -1.55. The lowest BCUT2D eigenvalue weighted by atomic mass is 9.99. The Labute approximate surface area is 152 Å². The first-order valence-corrected chi connectivity index (χ1v) is 9.85. The molecule has 2 fully saturated rings. The van der Waals surface area contributed by atoms with Crippen molar-refractivity contribution in [1.82, 2.24) is 9.80 Å². The van der Waals surface area contributed by atoms with Gasteiger partial charge in [-0.25, -0.2) is 0 Å². The molecule has 4 nitrogen and oxygen atoms in total. The van der Waals surface area contributed by atoms with E-state index in [-0.39, 0.29) is 12.5 Å². The summed E-state index contributed by atoms with van der Waals surface area (Å²) in [6.45, 7) is 8.80. The molecule has 1 aromatic carbocycles. The van der Waals surface area contributed by atoms with Crippen LogP contribution in [-0.2, 0) is 4.79 Å². The van der Waals surface area contributed by atoms with Crippen molar-refractivity contribution >= 4 is 5.91 Å². The van der Waals surface area contributed by atoms with E-state index in [1.807, 2.05) is 12.1 Å². The summed E-state index contributed by atoms with van der Waals surface area (Å²) in [5.74, 6) is 0.937. The molecule has 25 heavy (non-hydrogen) atoms. The fourth-order valence-corrected chi connectivity index (χ4v) is 4.00. The van der Waals surface area contributed by atoms with E-state index in [2.05, 4.69) is 29.7 Å². The molecule has 0 radical (unpaired) electrons. The number of rotatable bonds is 6. The van der Waals surface area contributed by atoms with Gasteiger partial charge in [0, 0.05) is 19.1 Å². The van der Waals surface area contributed by atoms with Crippen LogP contribution in [-0.4, -0.2) is 54.5 Å². The summed E-state index contributed by atoms with van der Waals surface area (Å²) in [4.78, 5) is 17.3. The van der Waals surface area contributed by atoms with Gasteiger partial charge in [-0.2, -0.15) is 0 Å². The topological polar surface area (TPSA) is 32.8 Å². The number of hydrogen-bond acceptors (Lipinski definition) is 3. The Balaban J connectivity index is 1.51. The highest BCUT2D eigenvalue weighted by Crippen LogP contribution is 2.22. The van der Waals surface area contributed by atoms with Crippen LogP contribution in [0.3, 0.4) is 0 Å². The van der Waals surface area contributed by atoms with Crippen LogP contribution >= 0.6 is 0 Å². The van der Waals surface area contributed by atoms with Crippen LogP contribution in [0.15, 0.2) is 18.2 Å². The van der Waals surface area contributed by atoms with Gasteiger partial charge in [-0.3, -0.25) is 4.79 Å². The second-order valence-electron chi connectivity index (χ2n) is 7.61. The number of carbonyl (C=O) groups is 1. The maximum atomic E-state index is 12.7. The van der Waals surface area contributed by atoms with Crippen molar-refractivity contribution in [3.63, 3.8) is 0 Å². The number of nitrogens with zero attached hydrogens (tertiary/aromatic N) is 2. The lowest BCUT2D eigenvalue weighted by Gasteiger charge is -2.36. The third kappa shape index (κ3) is 4.97. The predicted octanol–water partition coefficient (Wildman–Crippen LogP) is 3.55. The molecule has 1 aromatic rings. The van der Waals surface area contributed by atoms with Gasteiger partial charge in [-0.05, 0) is 88.7 Å². The number of piperidine rings is 1.